The summed E-state index contributed by atoms with van der Waals surface area (Å²) in [7, 11) is 1.91. The fraction of sp³-hybridized carbons (Fsp3) is 0.333. The number of nitrogens with zero attached hydrogens (tertiary/aromatic N) is 5. The standard InChI is InChI=1S/C18H20N6O2S/c1-22(17-4-2-9-27-17)18-13-10-16(24(25)26)15(11-14(13)20-12-21-18)23-7-3-5-19-6-8-23/h2,4,9-12,19H,3,5-8H2,1H3. The van der Waals surface area contributed by atoms with Crippen LogP contribution in [0.4, 0.5) is 22.2 Å². The molecule has 3 heterocycles. The molecule has 2 aromatic heterocycles. The zero-order valence-electron chi connectivity index (χ0n) is 15.0. The van der Waals surface area contributed by atoms with Crippen molar-refractivity contribution in [2.45, 2.75) is 6.42 Å². The maximum absolute atomic E-state index is 11.8. The lowest BCUT2D eigenvalue weighted by atomic mass is 10.1. The number of nitro groups is 1. The molecule has 4 rings (SSSR count). The van der Waals surface area contributed by atoms with E-state index in [9.17, 15) is 10.1 Å². The van der Waals surface area contributed by atoms with Gasteiger partial charge in [-0.1, -0.05) is 0 Å². The molecule has 0 saturated carbocycles. The molecule has 1 aliphatic rings. The largest absolute Gasteiger partial charge is 0.365 e. The molecule has 0 bridgehead atoms. The van der Waals surface area contributed by atoms with Gasteiger partial charge in [0.15, 0.2) is 0 Å². The minimum absolute atomic E-state index is 0.0972. The molecule has 0 amide bonds. The molecule has 3 aromatic rings. The smallest absolute Gasteiger partial charge is 0.293 e. The van der Waals surface area contributed by atoms with Crippen LogP contribution in [0.5, 0.6) is 0 Å². The molecule has 9 heteroatoms. The first kappa shape index (κ1) is 17.6. The fourth-order valence-corrected chi connectivity index (χ4v) is 4.08. The van der Waals surface area contributed by atoms with Crippen molar-refractivity contribution in [3.63, 3.8) is 0 Å². The molecule has 0 unspecified atom stereocenters. The van der Waals surface area contributed by atoms with Gasteiger partial charge in [-0.05, 0) is 36.5 Å². The number of nitro benzene ring substituents is 1. The first-order chi connectivity index (χ1) is 13.1. The highest BCUT2D eigenvalue weighted by atomic mass is 32.1. The molecule has 1 aromatic carbocycles. The molecule has 1 saturated heterocycles. The number of benzene rings is 1. The molecule has 1 N–H and O–H groups in total. The van der Waals surface area contributed by atoms with E-state index in [0.717, 1.165) is 37.6 Å². The number of anilines is 3. The first-order valence-electron chi connectivity index (χ1n) is 8.81. The van der Waals surface area contributed by atoms with Crippen LogP contribution in [0, 0.1) is 10.1 Å². The molecular formula is C18H20N6O2S. The quantitative estimate of drug-likeness (QED) is 0.546. The van der Waals surface area contributed by atoms with E-state index in [-0.39, 0.29) is 10.6 Å². The molecule has 0 spiro atoms. The van der Waals surface area contributed by atoms with E-state index in [0.29, 0.717) is 22.4 Å². The molecule has 1 fully saturated rings. The topological polar surface area (TPSA) is 87.4 Å². The van der Waals surface area contributed by atoms with Crippen LogP contribution < -0.4 is 15.1 Å². The summed E-state index contributed by atoms with van der Waals surface area (Å²) in [6, 6.07) is 7.40. The Hall–Kier alpha value is -2.78. The SMILES string of the molecule is CN(c1cccs1)c1ncnc2cc(N3CCCNCC3)c([N+](=O)[O-])cc12. The maximum Gasteiger partial charge on any atom is 0.293 e. The third-order valence-corrected chi connectivity index (χ3v) is 5.69. The highest BCUT2D eigenvalue weighted by Gasteiger charge is 2.24. The molecule has 8 nitrogen and oxygen atoms in total. The summed E-state index contributed by atoms with van der Waals surface area (Å²) in [4.78, 5) is 24.3. The van der Waals surface area contributed by atoms with E-state index >= 15 is 0 Å². The maximum atomic E-state index is 11.8. The van der Waals surface area contributed by atoms with Crippen LogP contribution >= 0.6 is 11.3 Å². The Balaban J connectivity index is 1.85. The molecule has 0 radical (unpaired) electrons. The van der Waals surface area contributed by atoms with E-state index in [2.05, 4.69) is 20.2 Å². The second-order valence-corrected chi connectivity index (χ2v) is 7.34. The highest BCUT2D eigenvalue weighted by Crippen LogP contribution is 2.37. The predicted molar refractivity (Wildman–Crippen MR) is 108 cm³/mol. The Kier molecular flexibility index (Phi) is 4.87. The molecule has 27 heavy (non-hydrogen) atoms. The van der Waals surface area contributed by atoms with Gasteiger partial charge in [0, 0.05) is 32.7 Å². The van der Waals surface area contributed by atoms with Gasteiger partial charge in [0.1, 0.15) is 17.8 Å². The number of thiophene rings is 1. The molecule has 1 aliphatic heterocycles. The van der Waals surface area contributed by atoms with Gasteiger partial charge in [0.2, 0.25) is 0 Å². The molecule has 0 aliphatic carbocycles. The van der Waals surface area contributed by atoms with Gasteiger partial charge in [0.25, 0.3) is 5.69 Å². The minimum Gasteiger partial charge on any atom is -0.365 e. The van der Waals surface area contributed by atoms with Crippen molar-refractivity contribution in [2.75, 3.05) is 43.0 Å². The van der Waals surface area contributed by atoms with E-state index in [1.807, 2.05) is 35.5 Å². The summed E-state index contributed by atoms with van der Waals surface area (Å²) in [5.74, 6) is 0.662. The Labute approximate surface area is 160 Å². The number of hydrogen-bond donors (Lipinski definition) is 1. The van der Waals surface area contributed by atoms with Crippen molar-refractivity contribution in [2.24, 2.45) is 0 Å². The second kappa shape index (κ2) is 7.45. The third kappa shape index (κ3) is 3.43. The van der Waals surface area contributed by atoms with Gasteiger partial charge in [-0.25, -0.2) is 9.97 Å². The van der Waals surface area contributed by atoms with Gasteiger partial charge in [-0.15, -0.1) is 11.3 Å². The van der Waals surface area contributed by atoms with Crippen molar-refractivity contribution in [3.05, 3.63) is 46.1 Å². The van der Waals surface area contributed by atoms with Crippen LogP contribution in [0.1, 0.15) is 6.42 Å². The molecular weight excluding hydrogens is 364 g/mol. The van der Waals surface area contributed by atoms with E-state index in [1.54, 1.807) is 17.4 Å². The fourth-order valence-electron chi connectivity index (χ4n) is 3.39. The summed E-state index contributed by atoms with van der Waals surface area (Å²) in [5, 5.41) is 18.8. The number of nitrogens with one attached hydrogen (secondary N) is 1. The Morgan fingerprint density at radius 2 is 2.19 bits per heavy atom. The van der Waals surface area contributed by atoms with Crippen molar-refractivity contribution >= 4 is 44.4 Å². The van der Waals surface area contributed by atoms with Crippen LogP contribution in [0.2, 0.25) is 0 Å². The highest BCUT2D eigenvalue weighted by molar-refractivity contribution is 7.14. The average Bonchev–Trinajstić information content (AvgIpc) is 3.08. The Morgan fingerprint density at radius 1 is 1.30 bits per heavy atom. The first-order valence-corrected chi connectivity index (χ1v) is 9.69. The minimum atomic E-state index is -0.311. The zero-order chi connectivity index (χ0) is 18.8. The van der Waals surface area contributed by atoms with E-state index < -0.39 is 0 Å². The summed E-state index contributed by atoms with van der Waals surface area (Å²) in [6.45, 7) is 3.26. The van der Waals surface area contributed by atoms with Gasteiger partial charge in [0.05, 0.1) is 20.8 Å². The summed E-state index contributed by atoms with van der Waals surface area (Å²) in [5.41, 5.74) is 1.43. The molecule has 140 valence electrons. The van der Waals surface area contributed by atoms with Crippen LogP contribution in [0.3, 0.4) is 0 Å². The van der Waals surface area contributed by atoms with Gasteiger partial charge in [-0.3, -0.25) is 10.1 Å². The Morgan fingerprint density at radius 3 is 2.96 bits per heavy atom. The van der Waals surface area contributed by atoms with Crippen LogP contribution in [-0.4, -0.2) is 48.1 Å². The van der Waals surface area contributed by atoms with Crippen molar-refractivity contribution in [3.8, 4) is 0 Å². The third-order valence-electron chi connectivity index (χ3n) is 4.74. The van der Waals surface area contributed by atoms with E-state index in [4.69, 9.17) is 0 Å². The number of hydrogen-bond acceptors (Lipinski definition) is 8. The van der Waals surface area contributed by atoms with Gasteiger partial charge >= 0.3 is 0 Å². The monoisotopic (exact) mass is 384 g/mol. The van der Waals surface area contributed by atoms with Gasteiger partial charge in [-0.2, -0.15) is 0 Å². The Bertz CT molecular complexity index is 954. The normalized spacial score (nSPS) is 14.9. The lowest BCUT2D eigenvalue weighted by Gasteiger charge is -2.23. The summed E-state index contributed by atoms with van der Waals surface area (Å²) in [6.07, 6.45) is 2.46. The van der Waals surface area contributed by atoms with Crippen molar-refractivity contribution in [1.82, 2.24) is 15.3 Å². The zero-order valence-corrected chi connectivity index (χ0v) is 15.8. The number of aromatic nitrogens is 2. The van der Waals surface area contributed by atoms with Crippen LogP contribution in [0.25, 0.3) is 10.9 Å². The van der Waals surface area contributed by atoms with Crippen molar-refractivity contribution in [1.29, 1.82) is 0 Å². The van der Waals surface area contributed by atoms with Gasteiger partial charge < -0.3 is 15.1 Å². The molecule has 0 atom stereocenters. The average molecular weight is 384 g/mol. The predicted octanol–water partition coefficient (Wildman–Crippen LogP) is 3.17. The van der Waals surface area contributed by atoms with Crippen molar-refractivity contribution < 1.29 is 4.92 Å². The summed E-state index contributed by atoms with van der Waals surface area (Å²) < 4.78 is 0. The van der Waals surface area contributed by atoms with Crippen LogP contribution in [-0.2, 0) is 0 Å². The van der Waals surface area contributed by atoms with Crippen LogP contribution in [0.15, 0.2) is 36.0 Å². The second-order valence-electron chi connectivity index (χ2n) is 6.41. The van der Waals surface area contributed by atoms with E-state index in [1.165, 1.54) is 6.33 Å². The lowest BCUT2D eigenvalue weighted by Crippen LogP contribution is -2.28. The number of fused-ring (bicyclic) bond motifs is 1. The lowest BCUT2D eigenvalue weighted by molar-refractivity contribution is -0.384. The number of rotatable bonds is 4. The summed E-state index contributed by atoms with van der Waals surface area (Å²) >= 11 is 1.59.